The first kappa shape index (κ1) is 10.4. The van der Waals surface area contributed by atoms with E-state index in [1.807, 2.05) is 29.6 Å². The number of para-hydroxylation sites is 2. The van der Waals surface area contributed by atoms with Gasteiger partial charge in [-0.3, -0.25) is 0 Å². The van der Waals surface area contributed by atoms with Crippen molar-refractivity contribution in [1.82, 2.24) is 24.9 Å². The summed E-state index contributed by atoms with van der Waals surface area (Å²) in [4.78, 5) is 7.75. The Kier molecular flexibility index (Phi) is 2.81. The SMILES string of the molecule is c1ccc2[nH]c(CNCc3csnn3)nc2c1. The second-order valence-electron chi connectivity index (χ2n) is 3.70. The van der Waals surface area contributed by atoms with Crippen LogP contribution >= 0.6 is 11.5 Å². The first-order chi connectivity index (χ1) is 8.42. The highest BCUT2D eigenvalue weighted by atomic mass is 32.1. The Balaban J connectivity index is 1.65. The maximum atomic E-state index is 4.48. The van der Waals surface area contributed by atoms with E-state index < -0.39 is 0 Å². The van der Waals surface area contributed by atoms with Gasteiger partial charge in [0.05, 0.1) is 23.3 Å². The smallest absolute Gasteiger partial charge is 0.121 e. The monoisotopic (exact) mass is 245 g/mol. The van der Waals surface area contributed by atoms with Crippen molar-refractivity contribution in [2.75, 3.05) is 0 Å². The molecule has 2 heterocycles. The van der Waals surface area contributed by atoms with Gasteiger partial charge in [-0.15, -0.1) is 5.10 Å². The second kappa shape index (κ2) is 4.60. The van der Waals surface area contributed by atoms with E-state index in [4.69, 9.17) is 0 Å². The summed E-state index contributed by atoms with van der Waals surface area (Å²) in [5, 5.41) is 9.18. The van der Waals surface area contributed by atoms with E-state index in [-0.39, 0.29) is 0 Å². The molecule has 0 amide bonds. The van der Waals surface area contributed by atoms with Gasteiger partial charge in [-0.25, -0.2) is 4.98 Å². The van der Waals surface area contributed by atoms with Gasteiger partial charge in [0.25, 0.3) is 0 Å². The van der Waals surface area contributed by atoms with Crippen molar-refractivity contribution in [2.24, 2.45) is 0 Å². The van der Waals surface area contributed by atoms with E-state index >= 15 is 0 Å². The Morgan fingerprint density at radius 1 is 1.24 bits per heavy atom. The summed E-state index contributed by atoms with van der Waals surface area (Å²) in [6.07, 6.45) is 0. The molecule has 6 heteroatoms. The highest BCUT2D eigenvalue weighted by molar-refractivity contribution is 7.03. The first-order valence-electron chi connectivity index (χ1n) is 5.32. The van der Waals surface area contributed by atoms with Gasteiger partial charge in [0.15, 0.2) is 0 Å². The van der Waals surface area contributed by atoms with Crippen molar-refractivity contribution in [3.05, 3.63) is 41.2 Å². The molecule has 2 N–H and O–H groups in total. The number of rotatable bonds is 4. The fourth-order valence-electron chi connectivity index (χ4n) is 1.66. The van der Waals surface area contributed by atoms with E-state index in [0.29, 0.717) is 13.1 Å². The molecule has 0 radical (unpaired) electrons. The summed E-state index contributed by atoms with van der Waals surface area (Å²) >= 11 is 1.37. The van der Waals surface area contributed by atoms with Gasteiger partial charge >= 0.3 is 0 Å². The molecular formula is C11H11N5S. The van der Waals surface area contributed by atoms with E-state index in [1.54, 1.807) is 0 Å². The number of hydrogen-bond donors (Lipinski definition) is 2. The summed E-state index contributed by atoms with van der Waals surface area (Å²) in [5.74, 6) is 0.939. The minimum Gasteiger partial charge on any atom is -0.341 e. The lowest BCUT2D eigenvalue weighted by molar-refractivity contribution is 0.657. The number of H-pyrrole nitrogens is 1. The van der Waals surface area contributed by atoms with E-state index in [1.165, 1.54) is 11.5 Å². The van der Waals surface area contributed by atoms with Crippen LogP contribution in [0.3, 0.4) is 0 Å². The lowest BCUT2D eigenvalue weighted by atomic mass is 10.3. The number of aromatic amines is 1. The molecule has 0 saturated carbocycles. The van der Waals surface area contributed by atoms with E-state index in [2.05, 4.69) is 24.9 Å². The Bertz CT molecular complexity index is 568. The fourth-order valence-corrected chi connectivity index (χ4v) is 2.11. The number of aromatic nitrogens is 4. The predicted molar refractivity (Wildman–Crippen MR) is 66.5 cm³/mol. The average molecular weight is 245 g/mol. The molecule has 0 saturated heterocycles. The molecule has 0 atom stereocenters. The van der Waals surface area contributed by atoms with Crippen LogP contribution in [0.25, 0.3) is 11.0 Å². The highest BCUT2D eigenvalue weighted by Crippen LogP contribution is 2.09. The van der Waals surface area contributed by atoms with Crippen LogP contribution in [0.15, 0.2) is 29.6 Å². The van der Waals surface area contributed by atoms with Gasteiger partial charge in [0, 0.05) is 11.9 Å². The van der Waals surface area contributed by atoms with E-state index in [9.17, 15) is 0 Å². The van der Waals surface area contributed by atoms with Gasteiger partial charge < -0.3 is 10.3 Å². The maximum absolute atomic E-state index is 4.48. The van der Waals surface area contributed by atoms with Crippen LogP contribution in [0.5, 0.6) is 0 Å². The van der Waals surface area contributed by atoms with Crippen LogP contribution in [0.4, 0.5) is 0 Å². The third kappa shape index (κ3) is 2.32. The van der Waals surface area contributed by atoms with Gasteiger partial charge in [-0.1, -0.05) is 16.6 Å². The molecule has 0 aliphatic carbocycles. The van der Waals surface area contributed by atoms with E-state index in [0.717, 1.165) is 22.6 Å². The van der Waals surface area contributed by atoms with Crippen molar-refractivity contribution in [3.8, 4) is 0 Å². The molecule has 17 heavy (non-hydrogen) atoms. The standard InChI is InChI=1S/C11H11N5S/c1-2-4-10-9(3-1)13-11(14-10)6-12-5-8-7-17-16-15-8/h1-4,7,12H,5-6H2,(H,13,14). The highest BCUT2D eigenvalue weighted by Gasteiger charge is 2.01. The third-order valence-corrected chi connectivity index (χ3v) is 3.00. The molecule has 0 unspecified atom stereocenters. The molecular weight excluding hydrogens is 234 g/mol. The van der Waals surface area contributed by atoms with Crippen LogP contribution in [0.2, 0.25) is 0 Å². The number of nitrogens with zero attached hydrogens (tertiary/aromatic N) is 3. The van der Waals surface area contributed by atoms with Gasteiger partial charge in [0.1, 0.15) is 5.82 Å². The third-order valence-electron chi connectivity index (χ3n) is 2.44. The Morgan fingerprint density at radius 3 is 3.00 bits per heavy atom. The van der Waals surface area contributed by atoms with Crippen LogP contribution in [-0.2, 0) is 13.1 Å². The Labute approximate surface area is 102 Å². The molecule has 3 rings (SSSR count). The Morgan fingerprint density at radius 2 is 2.18 bits per heavy atom. The van der Waals surface area contributed by atoms with Crippen molar-refractivity contribution < 1.29 is 0 Å². The van der Waals surface area contributed by atoms with Crippen LogP contribution in [0, 0.1) is 0 Å². The van der Waals surface area contributed by atoms with Gasteiger partial charge in [-0.2, -0.15) is 0 Å². The minimum atomic E-state index is 0.701. The molecule has 5 nitrogen and oxygen atoms in total. The Hall–Kier alpha value is -1.79. The average Bonchev–Trinajstić information content (AvgIpc) is 2.96. The molecule has 3 aromatic rings. The summed E-state index contributed by atoms with van der Waals surface area (Å²) in [6, 6.07) is 8.01. The quantitative estimate of drug-likeness (QED) is 0.734. The van der Waals surface area contributed by atoms with Crippen LogP contribution < -0.4 is 5.32 Å². The van der Waals surface area contributed by atoms with Gasteiger partial charge in [-0.05, 0) is 23.7 Å². The fraction of sp³-hybridized carbons (Fsp3) is 0.182. The molecule has 0 aliphatic heterocycles. The summed E-state index contributed by atoms with van der Waals surface area (Å²) in [5.41, 5.74) is 3.03. The van der Waals surface area contributed by atoms with Gasteiger partial charge in [0.2, 0.25) is 0 Å². The number of hydrogen-bond acceptors (Lipinski definition) is 5. The second-order valence-corrected chi connectivity index (χ2v) is 4.31. The van der Waals surface area contributed by atoms with Crippen molar-refractivity contribution in [3.63, 3.8) is 0 Å². The number of nitrogens with one attached hydrogen (secondary N) is 2. The van der Waals surface area contributed by atoms with Crippen molar-refractivity contribution in [2.45, 2.75) is 13.1 Å². The van der Waals surface area contributed by atoms with Crippen molar-refractivity contribution in [1.29, 1.82) is 0 Å². The summed E-state index contributed by atoms with van der Waals surface area (Å²) in [6.45, 7) is 1.42. The molecule has 0 fully saturated rings. The minimum absolute atomic E-state index is 0.701. The topological polar surface area (TPSA) is 66.5 Å². The summed E-state index contributed by atoms with van der Waals surface area (Å²) < 4.78 is 3.81. The molecule has 0 aliphatic rings. The van der Waals surface area contributed by atoms with Crippen molar-refractivity contribution >= 4 is 22.6 Å². The maximum Gasteiger partial charge on any atom is 0.121 e. The molecule has 0 spiro atoms. The first-order valence-corrected chi connectivity index (χ1v) is 6.16. The molecule has 2 aromatic heterocycles. The zero-order valence-corrected chi connectivity index (χ0v) is 9.87. The molecule has 0 bridgehead atoms. The molecule has 86 valence electrons. The van der Waals surface area contributed by atoms with Crippen LogP contribution in [-0.4, -0.2) is 19.6 Å². The summed E-state index contributed by atoms with van der Waals surface area (Å²) in [7, 11) is 0. The van der Waals surface area contributed by atoms with Crippen LogP contribution in [0.1, 0.15) is 11.5 Å². The normalized spacial score (nSPS) is 11.1. The number of imidazole rings is 1. The predicted octanol–water partition coefficient (Wildman–Crippen LogP) is 1.70. The zero-order valence-electron chi connectivity index (χ0n) is 9.05. The lowest BCUT2D eigenvalue weighted by Gasteiger charge is -1.98. The number of benzene rings is 1. The molecule has 1 aromatic carbocycles. The largest absolute Gasteiger partial charge is 0.341 e. The zero-order chi connectivity index (χ0) is 11.5. The lowest BCUT2D eigenvalue weighted by Crippen LogP contribution is -2.13. The number of fused-ring (bicyclic) bond motifs is 1.